The monoisotopic (exact) mass is 342 g/mol. The van der Waals surface area contributed by atoms with Gasteiger partial charge in [0, 0.05) is 37.9 Å². The number of halogens is 1. The van der Waals surface area contributed by atoms with Gasteiger partial charge in [-0.3, -0.25) is 9.88 Å². The predicted molar refractivity (Wildman–Crippen MR) is 93.8 cm³/mol. The molecule has 0 saturated carbocycles. The molecule has 2 fully saturated rings. The van der Waals surface area contributed by atoms with Crippen molar-refractivity contribution in [2.75, 3.05) is 25.0 Å². The molecule has 0 unspecified atom stereocenters. The lowest BCUT2D eigenvalue weighted by atomic mass is 9.97. The minimum Gasteiger partial charge on any atom is -0.371 e. The molecule has 0 aliphatic carbocycles. The van der Waals surface area contributed by atoms with Gasteiger partial charge in [-0.15, -0.1) is 0 Å². The van der Waals surface area contributed by atoms with Crippen molar-refractivity contribution < 1.29 is 9.13 Å². The van der Waals surface area contributed by atoms with Gasteiger partial charge in [-0.2, -0.15) is 0 Å². The molecule has 0 aromatic carbocycles. The number of anilines is 1. The molecule has 5 nitrogen and oxygen atoms in total. The number of nitrogens with zero attached hydrogens (tertiary/aromatic N) is 3. The molecular formula is C19H23FN4O. The Hall–Kier alpha value is -2.05. The Morgan fingerprint density at radius 2 is 2.28 bits per heavy atom. The zero-order valence-corrected chi connectivity index (χ0v) is 14.4. The van der Waals surface area contributed by atoms with Crippen LogP contribution in [-0.2, 0) is 11.3 Å². The molecule has 0 bridgehead atoms. The van der Waals surface area contributed by atoms with E-state index in [4.69, 9.17) is 4.74 Å². The maximum absolute atomic E-state index is 13.8. The number of hydrogen-bond acceptors (Lipinski definition) is 5. The van der Waals surface area contributed by atoms with E-state index in [1.165, 1.54) is 6.07 Å². The number of pyridine rings is 2. The molecule has 4 rings (SSSR count). The highest BCUT2D eigenvalue weighted by molar-refractivity contribution is 5.37. The molecule has 132 valence electrons. The summed E-state index contributed by atoms with van der Waals surface area (Å²) >= 11 is 0. The van der Waals surface area contributed by atoms with Gasteiger partial charge >= 0.3 is 0 Å². The number of aromatic nitrogens is 2. The molecule has 1 spiro atoms. The first kappa shape index (κ1) is 16.4. The minimum atomic E-state index is -0.318. The first-order valence-corrected chi connectivity index (χ1v) is 8.78. The van der Waals surface area contributed by atoms with E-state index in [0.717, 1.165) is 43.9 Å². The van der Waals surface area contributed by atoms with Gasteiger partial charge in [0.2, 0.25) is 0 Å². The zero-order valence-electron chi connectivity index (χ0n) is 14.4. The van der Waals surface area contributed by atoms with Crippen LogP contribution in [0.2, 0.25) is 0 Å². The number of likely N-dealkylation sites (tertiary alicyclic amines) is 1. The van der Waals surface area contributed by atoms with Crippen LogP contribution in [0.5, 0.6) is 0 Å². The van der Waals surface area contributed by atoms with Crippen molar-refractivity contribution in [2.45, 2.75) is 38.0 Å². The second kappa shape index (κ2) is 6.69. The van der Waals surface area contributed by atoms with E-state index in [9.17, 15) is 4.39 Å². The fourth-order valence-corrected chi connectivity index (χ4v) is 3.89. The van der Waals surface area contributed by atoms with Crippen LogP contribution in [0, 0.1) is 12.7 Å². The number of nitrogens with one attached hydrogen (secondary N) is 1. The van der Waals surface area contributed by atoms with E-state index in [0.29, 0.717) is 12.4 Å². The topological polar surface area (TPSA) is 50.3 Å². The molecule has 25 heavy (non-hydrogen) atoms. The average Bonchev–Trinajstić information content (AvgIpc) is 3.16. The number of ether oxygens (including phenoxy) is 1. The SMILES string of the molecule is Cc1cccc(CN2CC[C@@]3(C[C@H](Nc4ncccc4F)CO3)C2)n1. The molecule has 2 aliphatic heterocycles. The van der Waals surface area contributed by atoms with Crippen molar-refractivity contribution in [1.29, 1.82) is 0 Å². The lowest BCUT2D eigenvalue weighted by molar-refractivity contribution is 0.0119. The maximum atomic E-state index is 13.8. The van der Waals surface area contributed by atoms with E-state index in [-0.39, 0.29) is 17.5 Å². The Bertz CT molecular complexity index is 756. The maximum Gasteiger partial charge on any atom is 0.165 e. The van der Waals surface area contributed by atoms with Gasteiger partial charge in [0.15, 0.2) is 11.6 Å². The molecule has 1 N–H and O–H groups in total. The van der Waals surface area contributed by atoms with Crippen LogP contribution in [0.1, 0.15) is 24.2 Å². The Balaban J connectivity index is 1.36. The molecule has 2 saturated heterocycles. The van der Waals surface area contributed by atoms with Gasteiger partial charge in [0.05, 0.1) is 23.9 Å². The number of hydrogen-bond donors (Lipinski definition) is 1. The Kier molecular flexibility index (Phi) is 4.39. The summed E-state index contributed by atoms with van der Waals surface area (Å²) in [6.45, 7) is 5.35. The quantitative estimate of drug-likeness (QED) is 0.926. The summed E-state index contributed by atoms with van der Waals surface area (Å²) in [5.74, 6) is -0.00557. The molecule has 2 aromatic rings. The first-order valence-electron chi connectivity index (χ1n) is 8.78. The van der Waals surface area contributed by atoms with Gasteiger partial charge in [-0.25, -0.2) is 9.37 Å². The molecule has 2 aromatic heterocycles. The highest BCUT2D eigenvalue weighted by atomic mass is 19.1. The Morgan fingerprint density at radius 3 is 3.12 bits per heavy atom. The van der Waals surface area contributed by atoms with Crippen molar-refractivity contribution in [1.82, 2.24) is 14.9 Å². The van der Waals surface area contributed by atoms with E-state index in [1.54, 1.807) is 12.3 Å². The zero-order chi connectivity index (χ0) is 17.3. The largest absolute Gasteiger partial charge is 0.371 e. The molecular weight excluding hydrogens is 319 g/mol. The minimum absolute atomic E-state index is 0.0986. The van der Waals surface area contributed by atoms with E-state index < -0.39 is 0 Å². The van der Waals surface area contributed by atoms with Crippen LogP contribution in [0.4, 0.5) is 10.2 Å². The van der Waals surface area contributed by atoms with Gasteiger partial charge in [0.1, 0.15) is 0 Å². The average molecular weight is 342 g/mol. The fraction of sp³-hybridized carbons (Fsp3) is 0.474. The number of rotatable bonds is 4. The Morgan fingerprint density at radius 1 is 1.36 bits per heavy atom. The van der Waals surface area contributed by atoms with E-state index in [1.807, 2.05) is 13.0 Å². The lowest BCUT2D eigenvalue weighted by Crippen LogP contribution is -2.33. The third-order valence-corrected chi connectivity index (χ3v) is 5.04. The smallest absolute Gasteiger partial charge is 0.165 e. The van der Waals surface area contributed by atoms with Gasteiger partial charge < -0.3 is 10.1 Å². The molecule has 2 aliphatic rings. The predicted octanol–water partition coefficient (Wildman–Crippen LogP) is 2.77. The summed E-state index contributed by atoms with van der Waals surface area (Å²) in [7, 11) is 0. The molecule has 0 amide bonds. The highest BCUT2D eigenvalue weighted by Crippen LogP contribution is 2.36. The van der Waals surface area contributed by atoms with Crippen molar-refractivity contribution in [3.63, 3.8) is 0 Å². The summed E-state index contributed by atoms with van der Waals surface area (Å²) < 4.78 is 19.9. The summed E-state index contributed by atoms with van der Waals surface area (Å²) in [5, 5.41) is 3.19. The molecule has 4 heterocycles. The van der Waals surface area contributed by atoms with Crippen LogP contribution in [0.15, 0.2) is 36.5 Å². The number of aryl methyl sites for hydroxylation is 1. The fourth-order valence-electron chi connectivity index (χ4n) is 3.89. The molecule has 0 radical (unpaired) electrons. The van der Waals surface area contributed by atoms with Crippen molar-refractivity contribution in [2.24, 2.45) is 0 Å². The summed E-state index contributed by atoms with van der Waals surface area (Å²) in [6, 6.07) is 9.26. The summed E-state index contributed by atoms with van der Waals surface area (Å²) in [4.78, 5) is 11.1. The third-order valence-electron chi connectivity index (χ3n) is 5.04. The van der Waals surface area contributed by atoms with Crippen molar-refractivity contribution in [3.05, 3.63) is 53.7 Å². The van der Waals surface area contributed by atoms with Crippen LogP contribution < -0.4 is 5.32 Å². The van der Waals surface area contributed by atoms with E-state index >= 15 is 0 Å². The first-order chi connectivity index (χ1) is 12.1. The van der Waals surface area contributed by atoms with Crippen LogP contribution >= 0.6 is 0 Å². The molecule has 2 atom stereocenters. The second-order valence-corrected chi connectivity index (χ2v) is 7.10. The second-order valence-electron chi connectivity index (χ2n) is 7.10. The lowest BCUT2D eigenvalue weighted by Gasteiger charge is -2.23. The van der Waals surface area contributed by atoms with Crippen molar-refractivity contribution in [3.8, 4) is 0 Å². The van der Waals surface area contributed by atoms with Crippen LogP contribution in [-0.4, -0.2) is 46.2 Å². The Labute approximate surface area is 147 Å². The van der Waals surface area contributed by atoms with Gasteiger partial charge in [0.25, 0.3) is 0 Å². The van der Waals surface area contributed by atoms with Crippen molar-refractivity contribution >= 4 is 5.82 Å². The molecule has 6 heteroatoms. The normalized spacial score (nSPS) is 26.4. The highest BCUT2D eigenvalue weighted by Gasteiger charge is 2.45. The standard InChI is InChI=1S/C19H23FN4O/c1-14-4-2-5-15(22-14)11-24-9-7-19(13-24)10-16(12-25-19)23-18-17(20)6-3-8-21-18/h2-6,8,16H,7,9-13H2,1H3,(H,21,23)/t16-,19+/m0/s1. The summed E-state index contributed by atoms with van der Waals surface area (Å²) in [5.41, 5.74) is 2.01. The van der Waals surface area contributed by atoms with Gasteiger partial charge in [-0.05, 0) is 37.6 Å². The summed E-state index contributed by atoms with van der Waals surface area (Å²) in [6.07, 6.45) is 3.48. The third kappa shape index (κ3) is 3.65. The van der Waals surface area contributed by atoms with Crippen LogP contribution in [0.3, 0.4) is 0 Å². The van der Waals surface area contributed by atoms with Gasteiger partial charge in [-0.1, -0.05) is 6.07 Å². The van der Waals surface area contributed by atoms with E-state index in [2.05, 4.69) is 32.3 Å². The van der Waals surface area contributed by atoms with Crippen LogP contribution in [0.25, 0.3) is 0 Å².